The quantitative estimate of drug-likeness (QED) is 0.468. The van der Waals surface area contributed by atoms with Gasteiger partial charge in [-0.25, -0.2) is 4.99 Å². The molecule has 0 radical (unpaired) electrons. The van der Waals surface area contributed by atoms with E-state index in [1.807, 2.05) is 20.8 Å². The maximum absolute atomic E-state index is 5.14. The van der Waals surface area contributed by atoms with E-state index in [-0.39, 0.29) is 0 Å². The first-order valence-electron chi connectivity index (χ1n) is 4.29. The molecule has 0 heterocycles. The maximum atomic E-state index is 5.14. The third-order valence-corrected chi connectivity index (χ3v) is 0.847. The second kappa shape index (κ2) is 12.6. The highest BCUT2D eigenvalue weighted by Gasteiger charge is 1.88. The zero-order valence-corrected chi connectivity index (χ0v) is 8.34. The summed E-state index contributed by atoms with van der Waals surface area (Å²) in [5.41, 5.74) is 0. The van der Waals surface area contributed by atoms with Crippen LogP contribution in [0.1, 0.15) is 27.2 Å². The zero-order valence-electron chi connectivity index (χ0n) is 8.34. The zero-order chi connectivity index (χ0) is 9.82. The predicted octanol–water partition coefficient (Wildman–Crippen LogP) is 3.17. The molecule has 0 aromatic carbocycles. The van der Waals surface area contributed by atoms with Crippen LogP contribution in [-0.2, 0) is 4.74 Å². The Labute approximate surface area is 75.7 Å². The molecule has 0 spiro atoms. The van der Waals surface area contributed by atoms with E-state index in [4.69, 9.17) is 4.74 Å². The Morgan fingerprint density at radius 2 is 2.00 bits per heavy atom. The molecule has 0 amide bonds. The van der Waals surface area contributed by atoms with Gasteiger partial charge in [-0.2, -0.15) is 0 Å². The van der Waals surface area contributed by atoms with Crippen molar-refractivity contribution in [3.05, 3.63) is 25.4 Å². The molecule has 0 bridgehead atoms. The second-order valence-corrected chi connectivity index (χ2v) is 1.70. The molecule has 0 saturated heterocycles. The summed E-state index contributed by atoms with van der Waals surface area (Å²) in [4.78, 5) is 3.82. The minimum Gasteiger partial charge on any atom is -0.478 e. The van der Waals surface area contributed by atoms with E-state index >= 15 is 0 Å². The minimum absolute atomic E-state index is 0.539. The molecular formula is C10H19NO. The van der Waals surface area contributed by atoms with Crippen LogP contribution in [0.3, 0.4) is 0 Å². The van der Waals surface area contributed by atoms with Crippen molar-refractivity contribution in [1.82, 2.24) is 0 Å². The van der Waals surface area contributed by atoms with Gasteiger partial charge in [-0.1, -0.05) is 33.9 Å². The number of rotatable bonds is 4. The van der Waals surface area contributed by atoms with E-state index in [2.05, 4.69) is 18.2 Å². The average Bonchev–Trinajstić information content (AvgIpc) is 2.15. The van der Waals surface area contributed by atoms with Crippen molar-refractivity contribution < 1.29 is 4.74 Å². The van der Waals surface area contributed by atoms with Crippen molar-refractivity contribution in [1.29, 1.82) is 0 Å². The van der Waals surface area contributed by atoms with Gasteiger partial charge in [0.15, 0.2) is 0 Å². The lowest BCUT2D eigenvalue weighted by Crippen LogP contribution is -2.00. The number of nitrogens with zero attached hydrogens (tertiary/aromatic N) is 1. The van der Waals surface area contributed by atoms with Crippen molar-refractivity contribution in [2.75, 3.05) is 6.61 Å². The number of hydrogen-bond acceptors (Lipinski definition) is 2. The van der Waals surface area contributed by atoms with Crippen molar-refractivity contribution in [2.24, 2.45) is 4.99 Å². The normalized spacial score (nSPS) is 9.42. The van der Waals surface area contributed by atoms with E-state index in [1.165, 1.54) is 6.20 Å². The summed E-state index contributed by atoms with van der Waals surface area (Å²) >= 11 is 0. The molecule has 0 fully saturated rings. The highest BCUT2D eigenvalue weighted by atomic mass is 16.5. The molecule has 12 heavy (non-hydrogen) atoms. The van der Waals surface area contributed by atoms with Crippen LogP contribution in [0.25, 0.3) is 0 Å². The molecule has 0 rings (SSSR count). The lowest BCUT2D eigenvalue weighted by atomic mass is 10.5. The van der Waals surface area contributed by atoms with Crippen LogP contribution >= 0.6 is 0 Å². The monoisotopic (exact) mass is 169 g/mol. The van der Waals surface area contributed by atoms with Crippen molar-refractivity contribution in [2.45, 2.75) is 27.2 Å². The summed E-state index contributed by atoms with van der Waals surface area (Å²) in [6.45, 7) is 13.7. The summed E-state index contributed by atoms with van der Waals surface area (Å²) in [6, 6.07) is 0. The van der Waals surface area contributed by atoms with E-state index in [0.29, 0.717) is 12.5 Å². The minimum atomic E-state index is 0.539. The van der Waals surface area contributed by atoms with Gasteiger partial charge < -0.3 is 4.74 Å². The van der Waals surface area contributed by atoms with Gasteiger partial charge in [-0.3, -0.25) is 0 Å². The molecule has 0 aliphatic rings. The average molecular weight is 169 g/mol. The van der Waals surface area contributed by atoms with Gasteiger partial charge in [0.2, 0.25) is 5.90 Å². The molecule has 0 N–H and O–H groups in total. The number of ether oxygens (including phenoxy) is 1. The standard InChI is InChI=1S/C8H13NO.C2H6/c1-4-7-10-8(5-2)9-6-3;1-2/h5-6H,2-4,7H2,1H3;1-2H3. The predicted molar refractivity (Wildman–Crippen MR) is 55.4 cm³/mol. The summed E-state index contributed by atoms with van der Waals surface area (Å²) in [5.74, 6) is 0.539. The van der Waals surface area contributed by atoms with Crippen LogP contribution in [0, 0.1) is 0 Å². The molecule has 0 aromatic heterocycles. The first-order valence-corrected chi connectivity index (χ1v) is 4.29. The fourth-order valence-corrected chi connectivity index (χ4v) is 0.446. The Morgan fingerprint density at radius 3 is 2.33 bits per heavy atom. The molecular weight excluding hydrogens is 150 g/mol. The smallest absolute Gasteiger partial charge is 0.212 e. The Kier molecular flexibility index (Phi) is 14.2. The number of hydrogen-bond donors (Lipinski definition) is 0. The lowest BCUT2D eigenvalue weighted by Gasteiger charge is -2.00. The van der Waals surface area contributed by atoms with Crippen LogP contribution in [0.4, 0.5) is 0 Å². The van der Waals surface area contributed by atoms with Gasteiger partial charge in [-0.15, -0.1) is 0 Å². The first kappa shape index (κ1) is 13.5. The van der Waals surface area contributed by atoms with E-state index in [0.717, 1.165) is 6.42 Å². The fourth-order valence-electron chi connectivity index (χ4n) is 0.446. The van der Waals surface area contributed by atoms with Gasteiger partial charge in [0.05, 0.1) is 6.61 Å². The van der Waals surface area contributed by atoms with Crippen molar-refractivity contribution in [3.63, 3.8) is 0 Å². The van der Waals surface area contributed by atoms with Gasteiger partial charge in [0.1, 0.15) is 0 Å². The topological polar surface area (TPSA) is 21.6 Å². The second-order valence-electron chi connectivity index (χ2n) is 1.70. The maximum Gasteiger partial charge on any atom is 0.212 e. The summed E-state index contributed by atoms with van der Waals surface area (Å²) < 4.78 is 5.14. The molecule has 0 atom stereocenters. The number of aliphatic imine (C=N–C) groups is 1. The Balaban J connectivity index is 0. The highest BCUT2D eigenvalue weighted by Crippen LogP contribution is 1.87. The fraction of sp³-hybridized carbons (Fsp3) is 0.500. The third-order valence-electron chi connectivity index (χ3n) is 0.847. The van der Waals surface area contributed by atoms with E-state index in [9.17, 15) is 0 Å². The molecule has 0 unspecified atom stereocenters. The highest BCUT2D eigenvalue weighted by molar-refractivity contribution is 5.87. The van der Waals surface area contributed by atoms with E-state index in [1.54, 1.807) is 6.08 Å². The van der Waals surface area contributed by atoms with Crippen LogP contribution in [0.15, 0.2) is 30.4 Å². The molecule has 2 nitrogen and oxygen atoms in total. The Bertz CT molecular complexity index is 139. The Morgan fingerprint density at radius 1 is 1.42 bits per heavy atom. The molecule has 0 aliphatic carbocycles. The van der Waals surface area contributed by atoms with Crippen LogP contribution in [-0.4, -0.2) is 12.5 Å². The van der Waals surface area contributed by atoms with E-state index < -0.39 is 0 Å². The molecule has 0 aliphatic heterocycles. The van der Waals surface area contributed by atoms with Crippen molar-refractivity contribution in [3.8, 4) is 0 Å². The third kappa shape index (κ3) is 8.95. The van der Waals surface area contributed by atoms with Crippen LogP contribution < -0.4 is 0 Å². The summed E-state index contributed by atoms with van der Waals surface area (Å²) in [7, 11) is 0. The molecule has 2 heteroatoms. The van der Waals surface area contributed by atoms with Gasteiger partial charge in [0.25, 0.3) is 0 Å². The van der Waals surface area contributed by atoms with Gasteiger partial charge in [-0.05, 0) is 12.5 Å². The first-order chi connectivity index (χ1) is 5.85. The molecule has 70 valence electrons. The van der Waals surface area contributed by atoms with Crippen molar-refractivity contribution >= 4 is 5.90 Å². The largest absolute Gasteiger partial charge is 0.478 e. The molecule has 0 aromatic rings. The summed E-state index contributed by atoms with van der Waals surface area (Å²) in [6.07, 6.45) is 3.98. The lowest BCUT2D eigenvalue weighted by molar-refractivity contribution is 0.307. The van der Waals surface area contributed by atoms with Gasteiger partial charge in [0, 0.05) is 6.20 Å². The molecule has 0 saturated carbocycles. The summed E-state index contributed by atoms with van der Waals surface area (Å²) in [5, 5.41) is 0. The van der Waals surface area contributed by atoms with Crippen LogP contribution in [0.5, 0.6) is 0 Å². The van der Waals surface area contributed by atoms with Gasteiger partial charge >= 0.3 is 0 Å². The Hall–Kier alpha value is -1.05. The van der Waals surface area contributed by atoms with Crippen LogP contribution in [0.2, 0.25) is 0 Å². The SMILES string of the molecule is C=CN=C(C=C)OCCC.CC.